The van der Waals surface area contributed by atoms with Gasteiger partial charge >= 0.3 is 0 Å². The summed E-state index contributed by atoms with van der Waals surface area (Å²) in [5, 5.41) is 7.97. The maximum atomic E-state index is 4.47. The molecule has 2 rings (SSSR count). The summed E-state index contributed by atoms with van der Waals surface area (Å²) >= 11 is 0. The zero-order valence-electron chi connectivity index (χ0n) is 11.9. The second-order valence-electron chi connectivity index (χ2n) is 4.87. The molecule has 0 aromatic carbocycles. The summed E-state index contributed by atoms with van der Waals surface area (Å²) in [7, 11) is 2.00. The maximum Gasteiger partial charge on any atom is 0.0596 e. The topological polar surface area (TPSA) is 42.7 Å². The lowest BCUT2D eigenvalue weighted by atomic mass is 10.1. The highest BCUT2D eigenvalue weighted by Crippen LogP contribution is 2.16. The standard InChI is InChI=1S/C15H22N4/c1-4-8-16-15(14-7-5-6-9-17-14)11-13-10-12(2)18-19(13)3/h5-7,9-10,15-16H,4,8,11H2,1-3H3. The van der Waals surface area contributed by atoms with E-state index in [2.05, 4.69) is 34.5 Å². The molecule has 0 amide bonds. The Morgan fingerprint density at radius 2 is 2.21 bits per heavy atom. The van der Waals surface area contributed by atoms with Crippen LogP contribution in [-0.4, -0.2) is 21.3 Å². The third-order valence-electron chi connectivity index (χ3n) is 3.20. The average molecular weight is 258 g/mol. The van der Waals surface area contributed by atoms with Crippen molar-refractivity contribution in [2.45, 2.75) is 32.7 Å². The molecule has 0 bridgehead atoms. The zero-order valence-corrected chi connectivity index (χ0v) is 11.9. The van der Waals surface area contributed by atoms with Gasteiger partial charge in [0.1, 0.15) is 0 Å². The predicted molar refractivity (Wildman–Crippen MR) is 76.9 cm³/mol. The molecule has 0 fully saturated rings. The van der Waals surface area contributed by atoms with Crippen molar-refractivity contribution in [3.05, 3.63) is 47.5 Å². The molecule has 0 saturated heterocycles. The Kier molecular flexibility index (Phi) is 4.68. The van der Waals surface area contributed by atoms with E-state index in [1.165, 1.54) is 5.69 Å². The van der Waals surface area contributed by atoms with Crippen molar-refractivity contribution in [2.24, 2.45) is 7.05 Å². The molecule has 0 radical (unpaired) electrons. The van der Waals surface area contributed by atoms with Gasteiger partial charge in [-0.1, -0.05) is 13.0 Å². The molecule has 0 aliphatic heterocycles. The first-order valence-electron chi connectivity index (χ1n) is 6.84. The molecule has 1 unspecified atom stereocenters. The molecule has 1 N–H and O–H groups in total. The Balaban J connectivity index is 2.16. The van der Waals surface area contributed by atoms with Gasteiger partial charge in [0.2, 0.25) is 0 Å². The summed E-state index contributed by atoms with van der Waals surface area (Å²) in [6.45, 7) is 5.20. The highest BCUT2D eigenvalue weighted by Gasteiger charge is 2.15. The van der Waals surface area contributed by atoms with Gasteiger partial charge in [0.25, 0.3) is 0 Å². The van der Waals surface area contributed by atoms with E-state index < -0.39 is 0 Å². The van der Waals surface area contributed by atoms with E-state index in [4.69, 9.17) is 0 Å². The molecule has 4 nitrogen and oxygen atoms in total. The number of rotatable bonds is 6. The van der Waals surface area contributed by atoms with E-state index in [9.17, 15) is 0 Å². The van der Waals surface area contributed by atoms with Gasteiger partial charge < -0.3 is 5.32 Å². The summed E-state index contributed by atoms with van der Waals surface area (Å²) in [6.07, 6.45) is 3.88. The van der Waals surface area contributed by atoms with Gasteiger partial charge in [0.15, 0.2) is 0 Å². The van der Waals surface area contributed by atoms with Crippen molar-refractivity contribution in [3.8, 4) is 0 Å². The molecule has 2 heterocycles. The quantitative estimate of drug-likeness (QED) is 0.865. The van der Waals surface area contributed by atoms with Gasteiger partial charge in [0, 0.05) is 25.4 Å². The Morgan fingerprint density at radius 1 is 1.37 bits per heavy atom. The van der Waals surface area contributed by atoms with Crippen LogP contribution in [0.4, 0.5) is 0 Å². The summed E-state index contributed by atoms with van der Waals surface area (Å²) < 4.78 is 1.96. The molecule has 0 spiro atoms. The van der Waals surface area contributed by atoms with Crippen molar-refractivity contribution in [2.75, 3.05) is 6.54 Å². The van der Waals surface area contributed by atoms with Crippen LogP contribution in [0.15, 0.2) is 30.5 Å². The van der Waals surface area contributed by atoms with Crippen molar-refractivity contribution >= 4 is 0 Å². The molecule has 19 heavy (non-hydrogen) atoms. The lowest BCUT2D eigenvalue weighted by molar-refractivity contribution is 0.502. The summed E-state index contributed by atoms with van der Waals surface area (Å²) in [4.78, 5) is 4.47. The molecule has 0 aliphatic rings. The molecule has 102 valence electrons. The molecular weight excluding hydrogens is 236 g/mol. The first kappa shape index (κ1) is 13.7. The Labute approximate surface area is 114 Å². The molecular formula is C15H22N4. The predicted octanol–water partition coefficient (Wildman–Crippen LogP) is 2.41. The van der Waals surface area contributed by atoms with E-state index in [0.717, 1.165) is 30.8 Å². The normalized spacial score (nSPS) is 12.6. The number of hydrogen-bond donors (Lipinski definition) is 1. The molecule has 4 heteroatoms. The number of nitrogens with one attached hydrogen (secondary N) is 1. The van der Waals surface area contributed by atoms with Crippen LogP contribution in [0.5, 0.6) is 0 Å². The fourth-order valence-electron chi connectivity index (χ4n) is 2.25. The van der Waals surface area contributed by atoms with Crippen LogP contribution in [0.2, 0.25) is 0 Å². The summed E-state index contributed by atoms with van der Waals surface area (Å²) in [5.74, 6) is 0. The van der Waals surface area contributed by atoms with Gasteiger partial charge in [-0.2, -0.15) is 5.10 Å². The highest BCUT2D eigenvalue weighted by atomic mass is 15.3. The third kappa shape index (κ3) is 3.64. The maximum absolute atomic E-state index is 4.47. The molecule has 1 atom stereocenters. The molecule has 0 saturated carbocycles. The van der Waals surface area contributed by atoms with Crippen LogP contribution in [0.25, 0.3) is 0 Å². The van der Waals surface area contributed by atoms with Gasteiger partial charge in [-0.15, -0.1) is 0 Å². The van der Waals surface area contributed by atoms with Crippen molar-refractivity contribution in [1.82, 2.24) is 20.1 Å². The van der Waals surface area contributed by atoms with Gasteiger partial charge in [-0.25, -0.2) is 0 Å². The first-order chi connectivity index (χ1) is 9.20. The van der Waals surface area contributed by atoms with Crippen LogP contribution < -0.4 is 5.32 Å². The van der Waals surface area contributed by atoms with Gasteiger partial charge in [-0.05, 0) is 38.1 Å². The molecule has 2 aromatic heterocycles. The minimum Gasteiger partial charge on any atom is -0.308 e. The first-order valence-corrected chi connectivity index (χ1v) is 6.84. The van der Waals surface area contributed by atoms with E-state index in [0.29, 0.717) is 0 Å². The SMILES string of the molecule is CCCNC(Cc1cc(C)nn1C)c1ccccn1. The number of hydrogen-bond acceptors (Lipinski definition) is 3. The van der Waals surface area contributed by atoms with Gasteiger partial charge in [0.05, 0.1) is 17.4 Å². The number of aryl methyl sites for hydroxylation is 2. The fourth-order valence-corrected chi connectivity index (χ4v) is 2.25. The minimum absolute atomic E-state index is 0.246. The van der Waals surface area contributed by atoms with Crippen LogP contribution >= 0.6 is 0 Å². The van der Waals surface area contributed by atoms with Crippen molar-refractivity contribution in [1.29, 1.82) is 0 Å². The van der Waals surface area contributed by atoms with Crippen molar-refractivity contribution in [3.63, 3.8) is 0 Å². The lowest BCUT2D eigenvalue weighted by Crippen LogP contribution is -2.25. The molecule has 0 aliphatic carbocycles. The van der Waals surface area contributed by atoms with E-state index in [-0.39, 0.29) is 6.04 Å². The zero-order chi connectivity index (χ0) is 13.7. The average Bonchev–Trinajstić information content (AvgIpc) is 2.73. The molecule has 2 aromatic rings. The number of pyridine rings is 1. The lowest BCUT2D eigenvalue weighted by Gasteiger charge is -2.18. The Hall–Kier alpha value is -1.68. The van der Waals surface area contributed by atoms with E-state index in [1.54, 1.807) is 0 Å². The van der Waals surface area contributed by atoms with Crippen LogP contribution in [-0.2, 0) is 13.5 Å². The Morgan fingerprint density at radius 3 is 2.79 bits per heavy atom. The fraction of sp³-hybridized carbons (Fsp3) is 0.467. The van der Waals surface area contributed by atoms with Crippen molar-refractivity contribution < 1.29 is 0 Å². The Bertz CT molecular complexity index is 504. The smallest absolute Gasteiger partial charge is 0.0596 e. The second kappa shape index (κ2) is 6.48. The van der Waals surface area contributed by atoms with E-state index in [1.807, 2.05) is 37.0 Å². The largest absolute Gasteiger partial charge is 0.308 e. The third-order valence-corrected chi connectivity index (χ3v) is 3.20. The van der Waals surface area contributed by atoms with Gasteiger partial charge in [-0.3, -0.25) is 9.67 Å². The number of aromatic nitrogens is 3. The van der Waals surface area contributed by atoms with Crippen LogP contribution in [0.1, 0.15) is 36.5 Å². The van der Waals surface area contributed by atoms with Crippen LogP contribution in [0, 0.1) is 6.92 Å². The minimum atomic E-state index is 0.246. The number of nitrogens with zero attached hydrogens (tertiary/aromatic N) is 3. The monoisotopic (exact) mass is 258 g/mol. The van der Waals surface area contributed by atoms with E-state index >= 15 is 0 Å². The van der Waals surface area contributed by atoms with Crippen LogP contribution in [0.3, 0.4) is 0 Å². The second-order valence-corrected chi connectivity index (χ2v) is 4.87. The summed E-state index contributed by atoms with van der Waals surface area (Å²) in [6, 6.07) is 8.46. The highest BCUT2D eigenvalue weighted by molar-refractivity contribution is 5.15. The summed E-state index contributed by atoms with van der Waals surface area (Å²) in [5.41, 5.74) is 3.39.